The molecule has 0 aromatic carbocycles. The number of nitrogens with zero attached hydrogens (tertiary/aromatic N) is 3. The molecule has 2 N–H and O–H groups in total. The summed E-state index contributed by atoms with van der Waals surface area (Å²) in [6, 6.07) is 2.02. The van der Waals surface area contributed by atoms with Crippen molar-refractivity contribution < 1.29 is 9.53 Å². The second-order valence-corrected chi connectivity index (χ2v) is 7.19. The van der Waals surface area contributed by atoms with E-state index in [9.17, 15) is 4.79 Å². The first kappa shape index (κ1) is 18.0. The summed E-state index contributed by atoms with van der Waals surface area (Å²) in [6.07, 6.45) is 7.59. The van der Waals surface area contributed by atoms with Crippen molar-refractivity contribution in [2.24, 2.45) is 0 Å². The van der Waals surface area contributed by atoms with Crippen molar-refractivity contribution in [2.75, 3.05) is 11.9 Å². The van der Waals surface area contributed by atoms with Crippen molar-refractivity contribution in [3.63, 3.8) is 0 Å². The lowest BCUT2D eigenvalue weighted by Gasteiger charge is -2.38. The highest BCUT2D eigenvalue weighted by Crippen LogP contribution is 2.29. The minimum atomic E-state index is -0.535. The molecule has 1 fully saturated rings. The Kier molecular flexibility index (Phi) is 5.60. The van der Waals surface area contributed by atoms with Gasteiger partial charge in [0, 0.05) is 18.9 Å². The monoisotopic (exact) mass is 331 g/mol. The summed E-state index contributed by atoms with van der Waals surface area (Å²) in [6.45, 7) is 6.02. The fourth-order valence-electron chi connectivity index (χ4n) is 2.90. The standard InChI is InChI=1S/C17H25N5O2/c1-16(2,3)24-15(23)22-17(7-5-4-6-8-17)12-21-14-13(11-18)19-9-10-20-14/h9-10H,4-8,12H2,1-3H3,(H,20,21)(H,22,23). The molecule has 0 unspecified atom stereocenters. The Hall–Kier alpha value is -2.36. The van der Waals surface area contributed by atoms with E-state index in [0.29, 0.717) is 12.4 Å². The topological polar surface area (TPSA) is 99.9 Å². The largest absolute Gasteiger partial charge is 0.444 e. The quantitative estimate of drug-likeness (QED) is 0.880. The molecule has 1 heterocycles. The molecule has 1 aliphatic carbocycles. The lowest BCUT2D eigenvalue weighted by atomic mass is 9.81. The van der Waals surface area contributed by atoms with Gasteiger partial charge in [-0.25, -0.2) is 14.8 Å². The average molecular weight is 331 g/mol. The number of hydrogen-bond donors (Lipinski definition) is 2. The summed E-state index contributed by atoms with van der Waals surface area (Å²) in [5.41, 5.74) is -0.683. The van der Waals surface area contributed by atoms with E-state index >= 15 is 0 Å². The van der Waals surface area contributed by atoms with Gasteiger partial charge >= 0.3 is 6.09 Å². The summed E-state index contributed by atoms with van der Waals surface area (Å²) in [4.78, 5) is 20.4. The smallest absolute Gasteiger partial charge is 0.408 e. The molecule has 2 rings (SSSR count). The maximum Gasteiger partial charge on any atom is 0.408 e. The molecule has 24 heavy (non-hydrogen) atoms. The average Bonchev–Trinajstić information content (AvgIpc) is 2.52. The van der Waals surface area contributed by atoms with Crippen molar-refractivity contribution in [3.8, 4) is 6.07 Å². The van der Waals surface area contributed by atoms with Crippen molar-refractivity contribution in [1.29, 1.82) is 5.26 Å². The molecule has 1 amide bonds. The first-order valence-electron chi connectivity index (χ1n) is 8.30. The Morgan fingerprint density at radius 3 is 2.58 bits per heavy atom. The van der Waals surface area contributed by atoms with Crippen molar-refractivity contribution in [2.45, 2.75) is 64.0 Å². The fraction of sp³-hybridized carbons (Fsp3) is 0.647. The van der Waals surface area contributed by atoms with Crippen LogP contribution in [-0.4, -0.2) is 33.7 Å². The third kappa shape index (κ3) is 5.08. The summed E-state index contributed by atoms with van der Waals surface area (Å²) in [7, 11) is 0. The van der Waals surface area contributed by atoms with Crippen molar-refractivity contribution >= 4 is 11.9 Å². The minimum absolute atomic E-state index is 0.251. The van der Waals surface area contributed by atoms with Crippen LogP contribution in [0.25, 0.3) is 0 Å². The van der Waals surface area contributed by atoms with Gasteiger partial charge in [-0.2, -0.15) is 5.26 Å². The number of carbonyl (C=O) groups is 1. The first-order chi connectivity index (χ1) is 11.3. The molecule has 1 saturated carbocycles. The van der Waals surface area contributed by atoms with Crippen LogP contribution in [0.4, 0.5) is 10.6 Å². The van der Waals surface area contributed by atoms with E-state index < -0.39 is 17.2 Å². The van der Waals surface area contributed by atoms with Crippen molar-refractivity contribution in [3.05, 3.63) is 18.1 Å². The fourth-order valence-corrected chi connectivity index (χ4v) is 2.90. The third-order valence-electron chi connectivity index (χ3n) is 3.98. The molecule has 1 aliphatic rings. The van der Waals surface area contributed by atoms with E-state index in [1.807, 2.05) is 26.8 Å². The van der Waals surface area contributed by atoms with Crippen LogP contribution < -0.4 is 10.6 Å². The van der Waals surface area contributed by atoms with Gasteiger partial charge in [-0.3, -0.25) is 0 Å². The van der Waals surface area contributed by atoms with Gasteiger partial charge in [-0.05, 0) is 33.6 Å². The molecule has 1 aromatic heterocycles. The molecule has 0 aliphatic heterocycles. The van der Waals surface area contributed by atoms with E-state index in [4.69, 9.17) is 10.00 Å². The summed E-state index contributed by atoms with van der Waals surface area (Å²) >= 11 is 0. The van der Waals surface area contributed by atoms with Gasteiger partial charge in [-0.15, -0.1) is 0 Å². The van der Waals surface area contributed by atoms with Crippen LogP contribution in [0.5, 0.6) is 0 Å². The van der Waals surface area contributed by atoms with Gasteiger partial charge < -0.3 is 15.4 Å². The molecule has 7 heteroatoms. The van der Waals surface area contributed by atoms with Crippen LogP contribution in [-0.2, 0) is 4.74 Å². The van der Waals surface area contributed by atoms with E-state index in [0.717, 1.165) is 32.1 Å². The Balaban J connectivity index is 2.07. The van der Waals surface area contributed by atoms with Crippen LogP contribution in [0.1, 0.15) is 58.6 Å². The number of ether oxygens (including phenoxy) is 1. The highest BCUT2D eigenvalue weighted by molar-refractivity contribution is 5.69. The van der Waals surface area contributed by atoms with E-state index in [1.54, 1.807) is 0 Å². The molecule has 7 nitrogen and oxygen atoms in total. The Bertz CT molecular complexity index is 612. The molecule has 0 bridgehead atoms. The normalized spacial score (nSPS) is 16.8. The number of rotatable bonds is 4. The van der Waals surface area contributed by atoms with Gasteiger partial charge in [0.2, 0.25) is 0 Å². The second-order valence-electron chi connectivity index (χ2n) is 7.19. The van der Waals surface area contributed by atoms with E-state index in [-0.39, 0.29) is 5.69 Å². The summed E-state index contributed by atoms with van der Waals surface area (Å²) in [5.74, 6) is 0.441. The summed E-state index contributed by atoms with van der Waals surface area (Å²) < 4.78 is 5.40. The van der Waals surface area contributed by atoms with Crippen molar-refractivity contribution in [1.82, 2.24) is 15.3 Å². The zero-order valence-corrected chi connectivity index (χ0v) is 14.6. The Morgan fingerprint density at radius 1 is 1.29 bits per heavy atom. The molecular weight excluding hydrogens is 306 g/mol. The second kappa shape index (κ2) is 7.47. The molecule has 0 spiro atoms. The molecule has 1 aromatic rings. The molecule has 0 saturated heterocycles. The van der Waals surface area contributed by atoms with Crippen LogP contribution in [0.15, 0.2) is 12.4 Å². The number of amides is 1. The van der Waals surface area contributed by atoms with Crippen LogP contribution in [0.3, 0.4) is 0 Å². The Labute approximate surface area is 142 Å². The number of nitriles is 1. The number of carbonyl (C=O) groups excluding carboxylic acids is 1. The molecule has 130 valence electrons. The highest BCUT2D eigenvalue weighted by Gasteiger charge is 2.35. The third-order valence-corrected chi connectivity index (χ3v) is 3.98. The molecule has 0 atom stereocenters. The zero-order chi connectivity index (χ0) is 17.6. The van der Waals surface area contributed by atoms with Crippen LogP contribution in [0, 0.1) is 11.3 Å². The lowest BCUT2D eigenvalue weighted by molar-refractivity contribution is 0.0434. The maximum absolute atomic E-state index is 12.2. The maximum atomic E-state index is 12.2. The number of anilines is 1. The van der Waals surface area contributed by atoms with Gasteiger partial charge in [0.05, 0.1) is 5.54 Å². The predicted octanol–water partition coefficient (Wildman–Crippen LogP) is 2.99. The minimum Gasteiger partial charge on any atom is -0.444 e. The van der Waals surface area contributed by atoms with E-state index in [2.05, 4.69) is 20.6 Å². The van der Waals surface area contributed by atoms with E-state index in [1.165, 1.54) is 12.4 Å². The van der Waals surface area contributed by atoms with Gasteiger partial charge in [0.25, 0.3) is 0 Å². The molecular formula is C17H25N5O2. The van der Waals surface area contributed by atoms with Crippen LogP contribution in [0.2, 0.25) is 0 Å². The summed E-state index contributed by atoms with van der Waals surface area (Å²) in [5, 5.41) is 15.3. The Morgan fingerprint density at radius 2 is 1.96 bits per heavy atom. The predicted molar refractivity (Wildman–Crippen MR) is 90.4 cm³/mol. The zero-order valence-electron chi connectivity index (χ0n) is 14.6. The first-order valence-corrected chi connectivity index (χ1v) is 8.30. The number of alkyl carbamates (subject to hydrolysis) is 1. The molecule has 0 radical (unpaired) electrons. The van der Waals surface area contributed by atoms with Gasteiger partial charge in [-0.1, -0.05) is 19.3 Å². The number of aromatic nitrogens is 2. The van der Waals surface area contributed by atoms with Gasteiger partial charge in [0.15, 0.2) is 11.5 Å². The number of nitrogens with one attached hydrogen (secondary N) is 2. The lowest BCUT2D eigenvalue weighted by Crippen LogP contribution is -2.55. The van der Waals surface area contributed by atoms with Crippen LogP contribution >= 0.6 is 0 Å². The number of hydrogen-bond acceptors (Lipinski definition) is 6. The SMILES string of the molecule is CC(C)(C)OC(=O)NC1(CNc2nccnc2C#N)CCCCC1. The highest BCUT2D eigenvalue weighted by atomic mass is 16.6. The van der Waals surface area contributed by atoms with Gasteiger partial charge in [0.1, 0.15) is 11.7 Å².